The Kier molecular flexibility index (Phi) is 5.24. The number of methoxy groups -OCH3 is 2. The van der Waals surface area contributed by atoms with Crippen molar-refractivity contribution in [3.8, 4) is 11.5 Å². The van der Waals surface area contributed by atoms with E-state index in [9.17, 15) is 0 Å². The number of rotatable bonds is 5. The van der Waals surface area contributed by atoms with Gasteiger partial charge < -0.3 is 14.2 Å². The van der Waals surface area contributed by atoms with Gasteiger partial charge in [0.05, 0.1) is 26.9 Å². The summed E-state index contributed by atoms with van der Waals surface area (Å²) in [7, 11) is 3.25. The molecule has 106 valence electrons. The molecule has 0 bridgehead atoms. The van der Waals surface area contributed by atoms with E-state index >= 15 is 0 Å². The average molecular weight is 287 g/mol. The molecule has 1 aliphatic heterocycles. The summed E-state index contributed by atoms with van der Waals surface area (Å²) in [5, 5.41) is 0. The fourth-order valence-electron chi connectivity index (χ4n) is 2.19. The minimum Gasteiger partial charge on any atom is -0.493 e. The van der Waals surface area contributed by atoms with Crippen molar-refractivity contribution in [2.45, 2.75) is 12.6 Å². The molecule has 19 heavy (non-hydrogen) atoms. The minimum absolute atomic E-state index is 0.0898. The number of alkyl halides is 1. The molecule has 1 aromatic rings. The summed E-state index contributed by atoms with van der Waals surface area (Å²) in [6, 6.07) is 1.79. The second-order valence-corrected chi connectivity index (χ2v) is 4.68. The van der Waals surface area contributed by atoms with Gasteiger partial charge in [-0.25, -0.2) is 0 Å². The summed E-state index contributed by atoms with van der Waals surface area (Å²) in [6.07, 6.45) is 1.82. The molecule has 1 aromatic heterocycles. The predicted molar refractivity (Wildman–Crippen MR) is 73.1 cm³/mol. The van der Waals surface area contributed by atoms with Gasteiger partial charge in [-0.1, -0.05) is 0 Å². The highest BCUT2D eigenvalue weighted by Gasteiger charge is 2.22. The van der Waals surface area contributed by atoms with Crippen LogP contribution in [-0.4, -0.2) is 55.8 Å². The number of ether oxygens (including phenoxy) is 3. The van der Waals surface area contributed by atoms with Crippen LogP contribution in [0, 0.1) is 0 Å². The molecule has 1 fully saturated rings. The molecule has 2 rings (SSSR count). The lowest BCUT2D eigenvalue weighted by atomic mass is 10.2. The van der Waals surface area contributed by atoms with Gasteiger partial charge in [-0.2, -0.15) is 0 Å². The van der Waals surface area contributed by atoms with E-state index in [4.69, 9.17) is 25.8 Å². The maximum atomic E-state index is 5.84. The first kappa shape index (κ1) is 14.4. The molecule has 0 aliphatic carbocycles. The monoisotopic (exact) mass is 286 g/mol. The molecule has 1 aliphatic rings. The highest BCUT2D eigenvalue weighted by molar-refractivity contribution is 6.18. The molecule has 5 nitrogen and oxygen atoms in total. The highest BCUT2D eigenvalue weighted by atomic mass is 35.5. The van der Waals surface area contributed by atoms with Crippen molar-refractivity contribution in [1.82, 2.24) is 9.88 Å². The second kappa shape index (κ2) is 6.93. The maximum absolute atomic E-state index is 5.84. The summed E-state index contributed by atoms with van der Waals surface area (Å²) < 4.78 is 16.2. The molecule has 2 heterocycles. The lowest BCUT2D eigenvalue weighted by Crippen LogP contribution is -2.42. The summed E-state index contributed by atoms with van der Waals surface area (Å²) in [5.74, 6) is 1.91. The van der Waals surface area contributed by atoms with Gasteiger partial charge in [0.15, 0.2) is 11.5 Å². The molecular formula is C13H19ClN2O3. The molecule has 0 N–H and O–H groups in total. The van der Waals surface area contributed by atoms with Crippen LogP contribution in [0.25, 0.3) is 0 Å². The zero-order chi connectivity index (χ0) is 13.7. The first-order chi connectivity index (χ1) is 9.28. The molecular weight excluding hydrogens is 268 g/mol. The van der Waals surface area contributed by atoms with E-state index in [0.717, 1.165) is 18.8 Å². The fraction of sp³-hybridized carbons (Fsp3) is 0.615. The molecule has 0 radical (unpaired) electrons. The Morgan fingerprint density at radius 3 is 3.00 bits per heavy atom. The Morgan fingerprint density at radius 2 is 2.32 bits per heavy atom. The predicted octanol–water partition coefficient (Wildman–Crippen LogP) is 1.54. The maximum Gasteiger partial charge on any atom is 0.183 e. The Bertz CT molecular complexity index is 417. The Morgan fingerprint density at radius 1 is 1.47 bits per heavy atom. The third-order valence-corrected chi connectivity index (χ3v) is 3.48. The van der Waals surface area contributed by atoms with Crippen molar-refractivity contribution in [3.63, 3.8) is 0 Å². The van der Waals surface area contributed by atoms with Crippen LogP contribution in [0.3, 0.4) is 0 Å². The molecule has 6 heteroatoms. The van der Waals surface area contributed by atoms with Crippen molar-refractivity contribution < 1.29 is 14.2 Å². The van der Waals surface area contributed by atoms with E-state index in [2.05, 4.69) is 9.88 Å². The molecule has 0 saturated carbocycles. The van der Waals surface area contributed by atoms with Crippen LogP contribution in [-0.2, 0) is 11.3 Å². The van der Waals surface area contributed by atoms with E-state index in [1.54, 1.807) is 26.5 Å². The van der Waals surface area contributed by atoms with Crippen LogP contribution < -0.4 is 9.47 Å². The normalized spacial score (nSPS) is 20.3. The smallest absolute Gasteiger partial charge is 0.183 e. The van der Waals surface area contributed by atoms with Gasteiger partial charge in [-0.15, -0.1) is 11.6 Å². The van der Waals surface area contributed by atoms with Crippen molar-refractivity contribution in [1.29, 1.82) is 0 Å². The van der Waals surface area contributed by atoms with Crippen LogP contribution in [0.2, 0.25) is 0 Å². The summed E-state index contributed by atoms with van der Waals surface area (Å²) >= 11 is 5.84. The van der Waals surface area contributed by atoms with E-state index in [1.165, 1.54) is 0 Å². The van der Waals surface area contributed by atoms with Crippen LogP contribution in [0.4, 0.5) is 0 Å². The van der Waals surface area contributed by atoms with E-state index in [0.29, 0.717) is 30.5 Å². The SMILES string of the molecule is COc1ccnc(CN2CCOC(CCl)C2)c1OC. The zero-order valence-corrected chi connectivity index (χ0v) is 12.0. The fourth-order valence-corrected chi connectivity index (χ4v) is 2.38. The van der Waals surface area contributed by atoms with Crippen molar-refractivity contribution in [2.24, 2.45) is 0 Å². The first-order valence-corrected chi connectivity index (χ1v) is 6.77. The van der Waals surface area contributed by atoms with Gasteiger partial charge in [-0.3, -0.25) is 9.88 Å². The van der Waals surface area contributed by atoms with Gasteiger partial charge in [0, 0.05) is 37.8 Å². The van der Waals surface area contributed by atoms with Crippen LogP contribution in [0.5, 0.6) is 11.5 Å². The Hall–Kier alpha value is -1.04. The van der Waals surface area contributed by atoms with Crippen molar-refractivity contribution >= 4 is 11.6 Å². The van der Waals surface area contributed by atoms with Crippen molar-refractivity contribution in [3.05, 3.63) is 18.0 Å². The average Bonchev–Trinajstić information content (AvgIpc) is 2.47. The Balaban J connectivity index is 2.10. The number of halogens is 1. The van der Waals surface area contributed by atoms with Crippen LogP contribution in [0.15, 0.2) is 12.3 Å². The first-order valence-electron chi connectivity index (χ1n) is 6.24. The van der Waals surface area contributed by atoms with Crippen molar-refractivity contribution in [2.75, 3.05) is 39.8 Å². The second-order valence-electron chi connectivity index (χ2n) is 4.38. The molecule has 1 saturated heterocycles. The quantitative estimate of drug-likeness (QED) is 0.768. The lowest BCUT2D eigenvalue weighted by molar-refractivity contribution is -0.0200. The van der Waals surface area contributed by atoms with Gasteiger partial charge in [0.1, 0.15) is 5.69 Å². The number of pyridine rings is 1. The van der Waals surface area contributed by atoms with E-state index in [-0.39, 0.29) is 6.10 Å². The Labute approximate surface area is 118 Å². The van der Waals surface area contributed by atoms with Gasteiger partial charge in [-0.05, 0) is 0 Å². The number of hydrogen-bond acceptors (Lipinski definition) is 5. The third kappa shape index (κ3) is 3.49. The zero-order valence-electron chi connectivity index (χ0n) is 11.3. The number of morpholine rings is 1. The summed E-state index contributed by atoms with van der Waals surface area (Å²) in [4.78, 5) is 6.65. The number of aromatic nitrogens is 1. The van der Waals surface area contributed by atoms with Gasteiger partial charge >= 0.3 is 0 Å². The number of hydrogen-bond donors (Lipinski definition) is 0. The third-order valence-electron chi connectivity index (χ3n) is 3.13. The molecule has 1 unspecified atom stereocenters. The van der Waals surface area contributed by atoms with Gasteiger partial charge in [0.25, 0.3) is 0 Å². The summed E-state index contributed by atoms with van der Waals surface area (Å²) in [6.45, 7) is 3.09. The summed E-state index contributed by atoms with van der Waals surface area (Å²) in [5.41, 5.74) is 0.872. The lowest BCUT2D eigenvalue weighted by Gasteiger charge is -2.31. The van der Waals surface area contributed by atoms with Crippen LogP contribution >= 0.6 is 11.6 Å². The molecule has 0 aromatic carbocycles. The topological polar surface area (TPSA) is 43.8 Å². The molecule has 0 spiro atoms. The molecule has 1 atom stereocenters. The largest absolute Gasteiger partial charge is 0.493 e. The van der Waals surface area contributed by atoms with E-state index in [1.807, 2.05) is 0 Å². The molecule has 0 amide bonds. The minimum atomic E-state index is 0.0898. The van der Waals surface area contributed by atoms with Gasteiger partial charge in [0.2, 0.25) is 0 Å². The van der Waals surface area contributed by atoms with Crippen LogP contribution in [0.1, 0.15) is 5.69 Å². The standard InChI is InChI=1S/C13H19ClN2O3/c1-17-12-3-4-15-11(13(12)18-2)9-16-5-6-19-10(7-14)8-16/h3-4,10H,5-9H2,1-2H3. The highest BCUT2D eigenvalue weighted by Crippen LogP contribution is 2.30. The van der Waals surface area contributed by atoms with E-state index < -0.39 is 0 Å². The number of nitrogens with zero attached hydrogens (tertiary/aromatic N) is 2.